The lowest BCUT2D eigenvalue weighted by Gasteiger charge is -1.85. The highest BCUT2D eigenvalue weighted by Gasteiger charge is 1.96. The fourth-order valence-electron chi connectivity index (χ4n) is 0.951. The summed E-state index contributed by atoms with van der Waals surface area (Å²) in [6, 6.07) is 3.63. The molecule has 15 heavy (non-hydrogen) atoms. The Morgan fingerprint density at radius 1 is 1.40 bits per heavy atom. The molecule has 0 radical (unpaired) electrons. The van der Waals surface area contributed by atoms with E-state index in [0.717, 1.165) is 5.76 Å². The Balaban J connectivity index is 2.60. The summed E-state index contributed by atoms with van der Waals surface area (Å²) in [4.78, 5) is 10.1. The van der Waals surface area contributed by atoms with Gasteiger partial charge in [-0.3, -0.25) is 4.79 Å². The third-order valence-electron chi connectivity index (χ3n) is 1.56. The van der Waals surface area contributed by atoms with Gasteiger partial charge in [-0.2, -0.15) is 0 Å². The highest BCUT2D eigenvalue weighted by Crippen LogP contribution is 2.09. The molecule has 0 atom stereocenters. The monoisotopic (exact) mass is 198 g/mol. The molecule has 1 aromatic rings. The molecule has 2 nitrogen and oxygen atoms in total. The van der Waals surface area contributed by atoms with Crippen LogP contribution in [0.15, 0.2) is 22.6 Å². The van der Waals surface area contributed by atoms with Crippen LogP contribution in [0, 0.1) is 23.7 Å². The molecular weight excluding hydrogens is 188 g/mol. The Morgan fingerprint density at radius 3 is 3.00 bits per heavy atom. The van der Waals surface area contributed by atoms with Crippen molar-refractivity contribution in [3.05, 3.63) is 29.7 Å². The van der Waals surface area contributed by atoms with Crippen molar-refractivity contribution in [2.75, 3.05) is 0 Å². The molecule has 0 bridgehead atoms. The number of rotatable bonds is 3. The van der Waals surface area contributed by atoms with Crippen molar-refractivity contribution < 1.29 is 9.21 Å². The van der Waals surface area contributed by atoms with E-state index in [0.29, 0.717) is 18.5 Å². The van der Waals surface area contributed by atoms with E-state index in [1.54, 1.807) is 19.1 Å². The zero-order chi connectivity index (χ0) is 10.9. The lowest BCUT2D eigenvalue weighted by molar-refractivity contribution is -0.104. The van der Waals surface area contributed by atoms with Gasteiger partial charge in [0.25, 0.3) is 0 Å². The lowest BCUT2D eigenvalue weighted by atomic mass is 10.3. The van der Waals surface area contributed by atoms with Crippen LogP contribution in [-0.4, -0.2) is 6.29 Å². The predicted octanol–water partition coefficient (Wildman–Crippen LogP) is 2.06. The Morgan fingerprint density at radius 2 is 2.27 bits per heavy atom. The highest BCUT2D eigenvalue weighted by molar-refractivity contribution is 5.72. The first-order valence-electron chi connectivity index (χ1n) is 4.47. The van der Waals surface area contributed by atoms with Gasteiger partial charge >= 0.3 is 0 Å². The summed E-state index contributed by atoms with van der Waals surface area (Å²) in [7, 11) is 0. The van der Waals surface area contributed by atoms with E-state index in [9.17, 15) is 4.79 Å². The molecular formula is C13H10O2. The normalized spacial score (nSPS) is 8.87. The maximum absolute atomic E-state index is 10.1. The van der Waals surface area contributed by atoms with Crippen molar-refractivity contribution in [1.82, 2.24) is 0 Å². The number of hydrogen-bond acceptors (Lipinski definition) is 2. The topological polar surface area (TPSA) is 30.2 Å². The van der Waals surface area contributed by atoms with Gasteiger partial charge in [-0.1, -0.05) is 11.8 Å². The Hall–Kier alpha value is -2.19. The minimum atomic E-state index is 0.531. The van der Waals surface area contributed by atoms with Gasteiger partial charge in [0, 0.05) is 0 Å². The Labute approximate surface area is 89.0 Å². The third kappa shape index (κ3) is 4.02. The average molecular weight is 198 g/mol. The smallest absolute Gasteiger partial charge is 0.142 e. The molecule has 0 aromatic carbocycles. The number of aldehydes is 1. The zero-order valence-electron chi connectivity index (χ0n) is 8.41. The summed E-state index contributed by atoms with van der Waals surface area (Å²) in [6.45, 7) is 1.74. The largest absolute Gasteiger partial charge is 0.461 e. The predicted molar refractivity (Wildman–Crippen MR) is 58.7 cm³/mol. The van der Waals surface area contributed by atoms with E-state index in [4.69, 9.17) is 4.42 Å². The van der Waals surface area contributed by atoms with E-state index in [-0.39, 0.29) is 0 Å². The zero-order valence-corrected chi connectivity index (χ0v) is 8.41. The van der Waals surface area contributed by atoms with Crippen LogP contribution >= 0.6 is 0 Å². The van der Waals surface area contributed by atoms with E-state index in [2.05, 4.69) is 23.7 Å². The molecule has 2 heteroatoms. The minimum absolute atomic E-state index is 0.531. The molecule has 0 aliphatic rings. The first-order valence-corrected chi connectivity index (χ1v) is 4.47. The molecule has 1 aromatic heterocycles. The van der Waals surface area contributed by atoms with Crippen LogP contribution < -0.4 is 0 Å². The van der Waals surface area contributed by atoms with Crippen LogP contribution in [0.3, 0.4) is 0 Å². The van der Waals surface area contributed by atoms with Crippen LogP contribution in [0.1, 0.15) is 18.4 Å². The molecule has 0 spiro atoms. The van der Waals surface area contributed by atoms with Gasteiger partial charge in [-0.25, -0.2) is 0 Å². The maximum atomic E-state index is 10.1. The van der Waals surface area contributed by atoms with Gasteiger partial charge in [0.1, 0.15) is 17.8 Å². The molecule has 0 N–H and O–H groups in total. The number of allylic oxidation sites excluding steroid dienone is 1. The summed E-state index contributed by atoms with van der Waals surface area (Å²) in [5.74, 6) is 12.3. The lowest BCUT2D eigenvalue weighted by Crippen LogP contribution is -1.73. The fourth-order valence-corrected chi connectivity index (χ4v) is 0.951. The standard InChI is InChI=1S/C13H10O2/c1-2-3-4-5-7-12-9-10-13(15-12)8-6-11-14/h6,8-11H,7H2,1H3. The first-order chi connectivity index (χ1) is 7.36. The van der Waals surface area contributed by atoms with Crippen molar-refractivity contribution in [3.8, 4) is 23.7 Å². The van der Waals surface area contributed by atoms with Crippen molar-refractivity contribution in [1.29, 1.82) is 0 Å². The number of hydrogen-bond donors (Lipinski definition) is 0. The average Bonchev–Trinajstić information content (AvgIpc) is 2.69. The third-order valence-corrected chi connectivity index (χ3v) is 1.56. The van der Waals surface area contributed by atoms with E-state index in [1.165, 1.54) is 6.08 Å². The van der Waals surface area contributed by atoms with Crippen molar-refractivity contribution in [2.45, 2.75) is 13.3 Å². The molecule has 74 valence electrons. The summed E-state index contributed by atoms with van der Waals surface area (Å²) >= 11 is 0. The molecule has 0 saturated heterocycles. The molecule has 1 rings (SSSR count). The summed E-state index contributed by atoms with van der Waals surface area (Å²) in [5.41, 5.74) is 0. The van der Waals surface area contributed by atoms with Crippen molar-refractivity contribution >= 4 is 12.4 Å². The second-order valence-electron chi connectivity index (χ2n) is 2.65. The molecule has 0 unspecified atom stereocenters. The van der Waals surface area contributed by atoms with Crippen LogP contribution in [-0.2, 0) is 11.2 Å². The molecule has 0 aliphatic carbocycles. The van der Waals surface area contributed by atoms with Gasteiger partial charge in [0.2, 0.25) is 0 Å². The van der Waals surface area contributed by atoms with Crippen LogP contribution in [0.25, 0.3) is 6.08 Å². The number of furan rings is 1. The van der Waals surface area contributed by atoms with Gasteiger partial charge in [0.05, 0.1) is 6.42 Å². The van der Waals surface area contributed by atoms with Gasteiger partial charge < -0.3 is 4.42 Å². The van der Waals surface area contributed by atoms with Crippen molar-refractivity contribution in [2.24, 2.45) is 0 Å². The molecule has 0 fully saturated rings. The van der Waals surface area contributed by atoms with Crippen molar-refractivity contribution in [3.63, 3.8) is 0 Å². The number of carbonyl (C=O) groups is 1. The van der Waals surface area contributed by atoms with Gasteiger partial charge in [0.15, 0.2) is 0 Å². The van der Waals surface area contributed by atoms with E-state index in [1.807, 2.05) is 6.07 Å². The summed E-state index contributed by atoms with van der Waals surface area (Å²) in [5, 5.41) is 0. The number of carbonyl (C=O) groups excluding carboxylic acids is 1. The van der Waals surface area contributed by atoms with Crippen LogP contribution in [0.2, 0.25) is 0 Å². The second kappa shape index (κ2) is 6.29. The second-order valence-corrected chi connectivity index (χ2v) is 2.65. The van der Waals surface area contributed by atoms with Gasteiger partial charge in [-0.15, -0.1) is 0 Å². The molecule has 0 aliphatic heterocycles. The van der Waals surface area contributed by atoms with Crippen LogP contribution in [0.5, 0.6) is 0 Å². The molecule has 0 amide bonds. The Kier molecular flexibility index (Phi) is 4.57. The Bertz CT molecular complexity index is 470. The van der Waals surface area contributed by atoms with Crippen LogP contribution in [0.4, 0.5) is 0 Å². The highest BCUT2D eigenvalue weighted by atomic mass is 16.3. The maximum Gasteiger partial charge on any atom is 0.142 e. The summed E-state index contributed by atoms with van der Waals surface area (Å²) < 4.78 is 5.37. The SMILES string of the molecule is CC#CC#CCc1ccc(C=CC=O)o1. The molecule has 1 heterocycles. The quantitative estimate of drug-likeness (QED) is 0.423. The van der Waals surface area contributed by atoms with E-state index >= 15 is 0 Å². The molecule has 0 saturated carbocycles. The minimum Gasteiger partial charge on any atom is -0.461 e. The van der Waals surface area contributed by atoms with Gasteiger partial charge in [-0.05, 0) is 43.0 Å². The fraction of sp³-hybridized carbons (Fsp3) is 0.154. The van der Waals surface area contributed by atoms with E-state index < -0.39 is 0 Å². The summed E-state index contributed by atoms with van der Waals surface area (Å²) in [6.07, 6.45) is 4.23. The first kappa shape index (κ1) is 10.9.